The second-order valence-corrected chi connectivity index (χ2v) is 5.38. The minimum Gasteiger partial charge on any atom is -0.482 e. The molecule has 0 bridgehead atoms. The van der Waals surface area contributed by atoms with Crippen molar-refractivity contribution in [3.05, 3.63) is 34.5 Å². The molecule has 0 spiro atoms. The Morgan fingerprint density at radius 1 is 1.32 bits per heavy atom. The van der Waals surface area contributed by atoms with E-state index in [0.29, 0.717) is 5.75 Å². The van der Waals surface area contributed by atoms with E-state index >= 15 is 0 Å². The highest BCUT2D eigenvalue weighted by Gasteiger charge is 2.11. The van der Waals surface area contributed by atoms with Crippen LogP contribution in [0.2, 0.25) is 0 Å². The maximum atomic E-state index is 11.8. The lowest BCUT2D eigenvalue weighted by molar-refractivity contribution is -0.118. The lowest BCUT2D eigenvalue weighted by Crippen LogP contribution is -2.20. The van der Waals surface area contributed by atoms with Crippen LogP contribution < -0.4 is 10.1 Å². The molecule has 0 aliphatic carbocycles. The maximum absolute atomic E-state index is 11.8. The highest BCUT2D eigenvalue weighted by atomic mass is 32.1. The van der Waals surface area contributed by atoms with E-state index < -0.39 is 0 Å². The summed E-state index contributed by atoms with van der Waals surface area (Å²) >= 11 is 1.58. The van der Waals surface area contributed by atoms with E-state index in [0.717, 1.165) is 10.6 Å². The normalized spacial score (nSPS) is 10.3. The number of ether oxygens (including phenoxy) is 1. The fourth-order valence-electron chi connectivity index (χ4n) is 1.54. The van der Waals surface area contributed by atoms with Gasteiger partial charge in [-0.3, -0.25) is 4.79 Å². The molecule has 0 unspecified atom stereocenters. The van der Waals surface area contributed by atoms with Gasteiger partial charge in [0.2, 0.25) is 0 Å². The number of hydrogen-bond acceptors (Lipinski definition) is 5. The second-order valence-electron chi connectivity index (χ2n) is 4.15. The van der Waals surface area contributed by atoms with Gasteiger partial charge in [-0.05, 0) is 31.9 Å². The number of nitrogens with zero attached hydrogens (tertiary/aromatic N) is 2. The molecule has 2 aromatic rings. The predicted molar refractivity (Wildman–Crippen MR) is 74.7 cm³/mol. The third kappa shape index (κ3) is 3.29. The molecule has 5 nitrogen and oxygen atoms in total. The van der Waals surface area contributed by atoms with E-state index in [1.165, 1.54) is 22.8 Å². The molecular weight excluding hydrogens is 262 g/mol. The third-order valence-corrected chi connectivity index (χ3v) is 4.09. The van der Waals surface area contributed by atoms with Crippen molar-refractivity contribution in [3.63, 3.8) is 0 Å². The van der Waals surface area contributed by atoms with E-state index in [-0.39, 0.29) is 12.5 Å². The molecule has 1 amide bonds. The fraction of sp³-hybridized carbons (Fsp3) is 0.308. The number of anilines is 1. The number of carbonyl (C=O) groups is 1. The molecule has 0 radical (unpaired) electrons. The summed E-state index contributed by atoms with van der Waals surface area (Å²) in [6.07, 6.45) is 2.99. The van der Waals surface area contributed by atoms with Crippen LogP contribution in [0.1, 0.15) is 16.0 Å². The van der Waals surface area contributed by atoms with Crippen molar-refractivity contribution in [3.8, 4) is 5.75 Å². The summed E-state index contributed by atoms with van der Waals surface area (Å²) < 4.78 is 5.31. The zero-order valence-corrected chi connectivity index (χ0v) is 11.9. The number of rotatable bonds is 4. The van der Waals surface area contributed by atoms with E-state index in [9.17, 15) is 4.79 Å². The summed E-state index contributed by atoms with van der Waals surface area (Å²) in [6.45, 7) is 6.06. The van der Waals surface area contributed by atoms with E-state index in [4.69, 9.17) is 4.74 Å². The van der Waals surface area contributed by atoms with Gasteiger partial charge in [-0.15, -0.1) is 11.3 Å². The largest absolute Gasteiger partial charge is 0.482 e. The Hall–Kier alpha value is -1.95. The molecule has 0 aromatic carbocycles. The van der Waals surface area contributed by atoms with Crippen LogP contribution in [0.5, 0.6) is 5.75 Å². The first kappa shape index (κ1) is 13.5. The van der Waals surface area contributed by atoms with E-state index in [1.54, 1.807) is 17.4 Å². The minimum absolute atomic E-state index is 0.0405. The average molecular weight is 277 g/mol. The smallest absolute Gasteiger partial charge is 0.262 e. The number of aryl methyl sites for hydroxylation is 1. The van der Waals surface area contributed by atoms with Gasteiger partial charge in [-0.2, -0.15) is 10.2 Å². The SMILES string of the molecule is Cc1sc(NC(=O)COc2ccnnc2)c(C)c1C. The predicted octanol–water partition coefficient (Wildman–Crippen LogP) is 2.48. The molecule has 2 aromatic heterocycles. The van der Waals surface area contributed by atoms with E-state index in [1.807, 2.05) is 13.8 Å². The molecule has 0 saturated carbocycles. The number of nitrogens with one attached hydrogen (secondary N) is 1. The van der Waals surface area contributed by atoms with Gasteiger partial charge in [0.05, 0.1) is 17.4 Å². The third-order valence-electron chi connectivity index (χ3n) is 2.87. The maximum Gasteiger partial charge on any atom is 0.262 e. The summed E-state index contributed by atoms with van der Waals surface area (Å²) in [5, 5.41) is 11.1. The van der Waals surface area contributed by atoms with Gasteiger partial charge < -0.3 is 10.1 Å². The van der Waals surface area contributed by atoms with Gasteiger partial charge in [0.15, 0.2) is 6.61 Å². The summed E-state index contributed by atoms with van der Waals surface area (Å²) in [7, 11) is 0. The average Bonchev–Trinajstić information content (AvgIpc) is 2.65. The lowest BCUT2D eigenvalue weighted by atomic mass is 10.2. The molecule has 2 rings (SSSR count). The van der Waals surface area contributed by atoms with Crippen LogP contribution in [-0.2, 0) is 4.79 Å². The van der Waals surface area contributed by atoms with Gasteiger partial charge in [0.1, 0.15) is 5.75 Å². The number of amides is 1. The molecule has 0 fully saturated rings. The van der Waals surface area contributed by atoms with Gasteiger partial charge in [0.25, 0.3) is 5.91 Å². The Labute approximate surface area is 115 Å². The second kappa shape index (κ2) is 5.79. The van der Waals surface area contributed by atoms with Crippen molar-refractivity contribution in [1.29, 1.82) is 0 Å². The van der Waals surface area contributed by atoms with Gasteiger partial charge in [-0.25, -0.2) is 0 Å². The molecular formula is C13H15N3O2S. The Morgan fingerprint density at radius 3 is 2.68 bits per heavy atom. The van der Waals surface area contributed by atoms with Crippen LogP contribution in [0.15, 0.2) is 18.5 Å². The van der Waals surface area contributed by atoms with Gasteiger partial charge >= 0.3 is 0 Å². The van der Waals surface area contributed by atoms with Gasteiger partial charge in [0, 0.05) is 10.9 Å². The molecule has 0 saturated heterocycles. The Balaban J connectivity index is 1.93. The number of carbonyl (C=O) groups excluding carboxylic acids is 1. The lowest BCUT2D eigenvalue weighted by Gasteiger charge is -2.06. The standard InChI is InChI=1S/C13H15N3O2S/c1-8-9(2)13(19-10(8)3)16-12(17)7-18-11-4-5-14-15-6-11/h4-6H,7H2,1-3H3,(H,16,17). The van der Waals surface area contributed by atoms with Crippen LogP contribution in [-0.4, -0.2) is 22.7 Å². The van der Waals surface area contributed by atoms with Crippen LogP contribution >= 0.6 is 11.3 Å². The molecule has 0 aliphatic heterocycles. The monoisotopic (exact) mass is 277 g/mol. The van der Waals surface area contributed by atoms with Crippen molar-refractivity contribution in [2.45, 2.75) is 20.8 Å². The Kier molecular flexibility index (Phi) is 4.11. The van der Waals surface area contributed by atoms with Crippen LogP contribution in [0, 0.1) is 20.8 Å². The quantitative estimate of drug-likeness (QED) is 0.932. The van der Waals surface area contributed by atoms with Crippen molar-refractivity contribution < 1.29 is 9.53 Å². The fourth-order valence-corrected chi connectivity index (χ4v) is 2.62. The summed E-state index contributed by atoms with van der Waals surface area (Å²) in [5.74, 6) is 0.349. The number of thiophene rings is 1. The Morgan fingerprint density at radius 2 is 2.11 bits per heavy atom. The molecule has 0 aliphatic rings. The first-order valence-corrected chi connectivity index (χ1v) is 6.65. The zero-order valence-electron chi connectivity index (χ0n) is 11.1. The van der Waals surface area contributed by atoms with E-state index in [2.05, 4.69) is 22.4 Å². The molecule has 100 valence electrons. The first-order chi connectivity index (χ1) is 9.08. The summed E-state index contributed by atoms with van der Waals surface area (Å²) in [4.78, 5) is 13.0. The van der Waals surface area contributed by atoms with Crippen molar-refractivity contribution in [2.24, 2.45) is 0 Å². The topological polar surface area (TPSA) is 64.1 Å². The van der Waals surface area contributed by atoms with Crippen LogP contribution in [0.3, 0.4) is 0 Å². The summed E-state index contributed by atoms with van der Waals surface area (Å²) in [5.41, 5.74) is 2.33. The molecule has 6 heteroatoms. The van der Waals surface area contributed by atoms with Crippen molar-refractivity contribution in [1.82, 2.24) is 10.2 Å². The zero-order chi connectivity index (χ0) is 13.8. The van der Waals surface area contributed by atoms with Crippen LogP contribution in [0.25, 0.3) is 0 Å². The molecule has 0 atom stereocenters. The Bertz CT molecular complexity index is 581. The van der Waals surface area contributed by atoms with Gasteiger partial charge in [-0.1, -0.05) is 0 Å². The highest BCUT2D eigenvalue weighted by molar-refractivity contribution is 7.16. The first-order valence-electron chi connectivity index (χ1n) is 5.84. The minimum atomic E-state index is -0.179. The molecule has 2 heterocycles. The van der Waals surface area contributed by atoms with Crippen molar-refractivity contribution >= 4 is 22.2 Å². The number of aromatic nitrogens is 2. The molecule has 19 heavy (non-hydrogen) atoms. The van der Waals surface area contributed by atoms with Crippen molar-refractivity contribution in [2.75, 3.05) is 11.9 Å². The highest BCUT2D eigenvalue weighted by Crippen LogP contribution is 2.31. The summed E-state index contributed by atoms with van der Waals surface area (Å²) in [6, 6.07) is 1.66. The van der Waals surface area contributed by atoms with Crippen LogP contribution in [0.4, 0.5) is 5.00 Å². The number of hydrogen-bond donors (Lipinski definition) is 1. The molecule has 1 N–H and O–H groups in total.